The first-order chi connectivity index (χ1) is 15.8. The molecular formula is C22H14F3N7O. The van der Waals surface area contributed by atoms with Crippen LogP contribution in [0.4, 0.5) is 24.7 Å². The molecule has 0 unspecified atom stereocenters. The van der Waals surface area contributed by atoms with Crippen molar-refractivity contribution in [1.82, 2.24) is 25.0 Å². The number of carbonyl (C=O) groups excluding carboxylic acids is 1. The fourth-order valence-corrected chi connectivity index (χ4v) is 3.14. The van der Waals surface area contributed by atoms with Gasteiger partial charge < -0.3 is 10.2 Å². The number of nitrogens with zero attached hydrogens (tertiary/aromatic N) is 6. The molecule has 0 saturated carbocycles. The van der Waals surface area contributed by atoms with Gasteiger partial charge in [-0.15, -0.1) is 9.78 Å². The average molecular weight is 449 g/mol. The number of benzene rings is 1. The van der Waals surface area contributed by atoms with Gasteiger partial charge in [-0.25, -0.2) is 4.98 Å². The van der Waals surface area contributed by atoms with Gasteiger partial charge in [-0.1, -0.05) is 24.8 Å². The number of hydrogen-bond acceptors (Lipinski definition) is 5. The molecular weight excluding hydrogens is 435 g/mol. The van der Waals surface area contributed by atoms with Crippen molar-refractivity contribution in [3.8, 4) is 16.9 Å². The molecule has 1 N–H and O–H groups in total. The molecule has 164 valence electrons. The van der Waals surface area contributed by atoms with E-state index in [0.717, 1.165) is 28.2 Å². The van der Waals surface area contributed by atoms with E-state index >= 15 is 0 Å². The van der Waals surface area contributed by atoms with Gasteiger partial charge >= 0.3 is 6.18 Å². The molecule has 4 rings (SSSR count). The molecule has 8 nitrogen and oxygen atoms in total. The summed E-state index contributed by atoms with van der Waals surface area (Å²) >= 11 is 0. The molecule has 0 saturated heterocycles. The number of aromatic nitrogens is 5. The molecule has 0 aliphatic carbocycles. The number of aryl methyl sites for hydroxylation is 1. The molecule has 0 spiro atoms. The van der Waals surface area contributed by atoms with Gasteiger partial charge in [-0.05, 0) is 36.2 Å². The first-order valence-corrected chi connectivity index (χ1v) is 9.46. The van der Waals surface area contributed by atoms with Crippen LogP contribution in [0.1, 0.15) is 21.5 Å². The Morgan fingerprint density at radius 3 is 2.36 bits per heavy atom. The highest BCUT2D eigenvalue weighted by atomic mass is 19.4. The third-order valence-electron chi connectivity index (χ3n) is 4.70. The molecule has 3 aromatic heterocycles. The topological polar surface area (TPSA) is 90.0 Å². The molecule has 0 aliphatic rings. The van der Waals surface area contributed by atoms with Crippen LogP contribution in [0.15, 0.2) is 61.2 Å². The predicted molar refractivity (Wildman–Crippen MR) is 113 cm³/mol. The Labute approximate surface area is 185 Å². The van der Waals surface area contributed by atoms with Crippen molar-refractivity contribution in [2.24, 2.45) is 0 Å². The van der Waals surface area contributed by atoms with E-state index in [-0.39, 0.29) is 17.1 Å². The standard InChI is InChI=1S/C22H14F3N7O/c1-13-9-14(15-4-6-19(26-2)27-11-15)3-5-17(13)21(33)31-16-10-18(22(23,24)25)20(28-12-16)32-29-7-8-30-32/h3-12H,1H3,(H,31,33). The molecule has 0 aliphatic heterocycles. The first kappa shape index (κ1) is 21.6. The number of pyridine rings is 2. The molecule has 3 heterocycles. The lowest BCUT2D eigenvalue weighted by Crippen LogP contribution is -2.17. The summed E-state index contributed by atoms with van der Waals surface area (Å²) in [6.45, 7) is 8.67. The lowest BCUT2D eigenvalue weighted by molar-refractivity contribution is -0.137. The number of hydrogen-bond donors (Lipinski definition) is 1. The van der Waals surface area contributed by atoms with Crippen LogP contribution in [-0.4, -0.2) is 30.9 Å². The second-order valence-electron chi connectivity index (χ2n) is 6.91. The first-order valence-electron chi connectivity index (χ1n) is 9.46. The van der Waals surface area contributed by atoms with Crippen LogP contribution in [0.2, 0.25) is 0 Å². The van der Waals surface area contributed by atoms with E-state index in [4.69, 9.17) is 6.57 Å². The number of rotatable bonds is 4. The quantitative estimate of drug-likeness (QED) is 0.450. The molecule has 0 bridgehead atoms. The van der Waals surface area contributed by atoms with E-state index in [9.17, 15) is 18.0 Å². The summed E-state index contributed by atoms with van der Waals surface area (Å²) in [6, 6.07) is 9.15. The monoisotopic (exact) mass is 449 g/mol. The van der Waals surface area contributed by atoms with Crippen molar-refractivity contribution in [1.29, 1.82) is 0 Å². The average Bonchev–Trinajstić information content (AvgIpc) is 3.33. The van der Waals surface area contributed by atoms with E-state index in [2.05, 4.69) is 30.3 Å². The smallest absolute Gasteiger partial charge is 0.361 e. The van der Waals surface area contributed by atoms with Crippen LogP contribution in [0.3, 0.4) is 0 Å². The van der Waals surface area contributed by atoms with Crippen LogP contribution in [0.5, 0.6) is 0 Å². The van der Waals surface area contributed by atoms with Gasteiger partial charge in [0.05, 0.1) is 24.3 Å². The Bertz CT molecular complexity index is 1360. The molecule has 1 aromatic carbocycles. The van der Waals surface area contributed by atoms with Gasteiger partial charge in [0.2, 0.25) is 0 Å². The zero-order valence-corrected chi connectivity index (χ0v) is 17.0. The van der Waals surface area contributed by atoms with Crippen molar-refractivity contribution >= 4 is 17.4 Å². The van der Waals surface area contributed by atoms with Crippen LogP contribution >= 0.6 is 0 Å². The van der Waals surface area contributed by atoms with Gasteiger partial charge in [-0.3, -0.25) is 4.79 Å². The highest BCUT2D eigenvalue weighted by Gasteiger charge is 2.36. The summed E-state index contributed by atoms with van der Waals surface area (Å²) in [5, 5.41) is 9.84. The van der Waals surface area contributed by atoms with E-state index in [0.29, 0.717) is 5.56 Å². The Balaban J connectivity index is 1.60. The molecule has 0 radical (unpaired) electrons. The molecule has 0 atom stereocenters. The molecule has 4 aromatic rings. The minimum atomic E-state index is -4.73. The maximum atomic E-state index is 13.6. The third-order valence-corrected chi connectivity index (χ3v) is 4.70. The van der Waals surface area contributed by atoms with Gasteiger partial charge in [0.25, 0.3) is 11.7 Å². The third kappa shape index (κ3) is 4.54. The number of amides is 1. The van der Waals surface area contributed by atoms with Gasteiger partial charge in [0.1, 0.15) is 11.8 Å². The van der Waals surface area contributed by atoms with Crippen molar-refractivity contribution in [2.45, 2.75) is 13.1 Å². The largest absolute Gasteiger partial charge is 0.420 e. The molecule has 0 fully saturated rings. The second-order valence-corrected chi connectivity index (χ2v) is 6.91. The molecule has 33 heavy (non-hydrogen) atoms. The molecule has 1 amide bonds. The number of carbonyl (C=O) groups is 1. The summed E-state index contributed by atoms with van der Waals surface area (Å²) in [4.78, 5) is 24.6. The van der Waals surface area contributed by atoms with Crippen LogP contribution in [0.25, 0.3) is 21.8 Å². The maximum absolute atomic E-state index is 13.6. The van der Waals surface area contributed by atoms with Crippen molar-refractivity contribution in [2.75, 3.05) is 5.32 Å². The van der Waals surface area contributed by atoms with Crippen molar-refractivity contribution < 1.29 is 18.0 Å². The van der Waals surface area contributed by atoms with E-state index < -0.39 is 23.5 Å². The van der Waals surface area contributed by atoms with E-state index in [1.54, 1.807) is 43.5 Å². The highest BCUT2D eigenvalue weighted by molar-refractivity contribution is 6.05. The predicted octanol–water partition coefficient (Wildman–Crippen LogP) is 4.85. The highest BCUT2D eigenvalue weighted by Crippen LogP contribution is 2.34. The van der Waals surface area contributed by atoms with Crippen LogP contribution in [-0.2, 0) is 6.18 Å². The van der Waals surface area contributed by atoms with Crippen molar-refractivity contribution in [3.63, 3.8) is 0 Å². The fraction of sp³-hybridized carbons (Fsp3) is 0.0909. The number of halogens is 3. The summed E-state index contributed by atoms with van der Waals surface area (Å²) in [5.74, 6) is -0.808. The normalized spacial score (nSPS) is 11.1. The second kappa shape index (κ2) is 8.51. The van der Waals surface area contributed by atoms with Crippen molar-refractivity contribution in [3.05, 3.63) is 89.3 Å². The van der Waals surface area contributed by atoms with Gasteiger partial charge in [-0.2, -0.15) is 23.4 Å². The summed E-state index contributed by atoms with van der Waals surface area (Å²) in [7, 11) is 0. The Kier molecular flexibility index (Phi) is 5.58. The van der Waals surface area contributed by atoms with E-state index in [1.807, 2.05) is 0 Å². The summed E-state index contributed by atoms with van der Waals surface area (Å²) in [6.07, 6.45) is 0.408. The number of alkyl halides is 3. The fourth-order valence-electron chi connectivity index (χ4n) is 3.14. The zero-order valence-electron chi connectivity index (χ0n) is 17.0. The number of anilines is 1. The Morgan fingerprint density at radius 1 is 1.03 bits per heavy atom. The minimum Gasteiger partial charge on any atom is -0.361 e. The summed E-state index contributed by atoms with van der Waals surface area (Å²) < 4.78 is 40.7. The van der Waals surface area contributed by atoms with Crippen LogP contribution in [0, 0.1) is 13.5 Å². The number of nitrogens with one attached hydrogen (secondary N) is 1. The summed E-state index contributed by atoms with van der Waals surface area (Å²) in [5.41, 5.74) is 1.24. The Hall–Kier alpha value is -4.59. The SMILES string of the molecule is [C-]#[N+]c1ccc(-c2ccc(C(=O)Nc3cnc(-n4nccn4)c(C(F)(F)F)c3)c(C)c2)cn1. The maximum Gasteiger partial charge on any atom is 0.420 e. The minimum absolute atomic E-state index is 0.120. The lowest BCUT2D eigenvalue weighted by atomic mass is 10.0. The lowest BCUT2D eigenvalue weighted by Gasteiger charge is -2.14. The van der Waals surface area contributed by atoms with E-state index in [1.165, 1.54) is 12.4 Å². The Morgan fingerprint density at radius 2 is 1.76 bits per heavy atom. The van der Waals surface area contributed by atoms with Crippen LogP contribution < -0.4 is 5.32 Å². The zero-order chi connectivity index (χ0) is 23.6. The van der Waals surface area contributed by atoms with Gasteiger partial charge in [0.15, 0.2) is 5.82 Å². The molecule has 11 heteroatoms. The van der Waals surface area contributed by atoms with Gasteiger partial charge in [0, 0.05) is 11.1 Å².